The Kier molecular flexibility index (Phi) is 7.51. The molecule has 5 aromatic rings. The van der Waals surface area contributed by atoms with Crippen LogP contribution in [-0.4, -0.2) is 57.1 Å². The van der Waals surface area contributed by atoms with E-state index in [9.17, 15) is 4.79 Å². The number of hydrogen-bond donors (Lipinski definition) is 1. The first-order chi connectivity index (χ1) is 19.7. The van der Waals surface area contributed by atoms with Crippen LogP contribution >= 0.6 is 0 Å². The third-order valence-corrected chi connectivity index (χ3v) is 7.10. The van der Waals surface area contributed by atoms with Crippen molar-refractivity contribution in [2.45, 2.75) is 25.6 Å². The first-order valence-electron chi connectivity index (χ1n) is 13.2. The number of nitrogens with one attached hydrogen (secondary N) is 1. The molecule has 0 fully saturated rings. The Morgan fingerprint density at radius 3 is 2.48 bits per heavy atom. The van der Waals surface area contributed by atoms with Crippen molar-refractivity contribution >= 4 is 10.9 Å². The highest BCUT2D eigenvalue weighted by atomic mass is 16.7. The highest BCUT2D eigenvalue weighted by Gasteiger charge is 2.31. The Hall–Kier alpha value is -4.54. The molecular weight excluding hydrogens is 508 g/mol. The van der Waals surface area contributed by atoms with Gasteiger partial charge in [0.2, 0.25) is 6.79 Å². The van der Waals surface area contributed by atoms with Crippen molar-refractivity contribution in [3.8, 4) is 11.5 Å². The molecule has 1 atom stereocenters. The molecule has 1 aliphatic heterocycles. The number of rotatable bonds is 11. The van der Waals surface area contributed by atoms with Crippen LogP contribution in [0.3, 0.4) is 0 Å². The summed E-state index contributed by atoms with van der Waals surface area (Å²) in [6.07, 6.45) is 0.786. The van der Waals surface area contributed by atoms with Gasteiger partial charge in [0.25, 0.3) is 5.56 Å². The number of nitrogens with zero attached hydrogens (tertiary/aromatic N) is 5. The molecule has 2 aromatic heterocycles. The second kappa shape index (κ2) is 11.7. The third kappa shape index (κ3) is 5.45. The Balaban J connectivity index is 1.48. The summed E-state index contributed by atoms with van der Waals surface area (Å²) in [5, 5.41) is 13.5. The molecule has 0 unspecified atom stereocenters. The number of aromatic nitrogens is 5. The van der Waals surface area contributed by atoms with Crippen molar-refractivity contribution in [2.75, 3.05) is 27.1 Å². The minimum atomic E-state index is -0.533. The zero-order chi connectivity index (χ0) is 27.3. The standard InChI is InChI=1S/C30H30N6O4/c1-38-15-14-36-29(32-33-34-36)28(24-16-23-17-26-27(40-20-39-26)18-25(23)31-30(24)37)35(19-22-10-6-3-7-11-22)13-12-21-8-4-2-5-9-21/h2-11,16-18,28H,12-15,19-20H2,1H3,(H,31,37)/t28-/m0/s1. The van der Waals surface area contributed by atoms with Crippen molar-refractivity contribution in [1.82, 2.24) is 30.1 Å². The lowest BCUT2D eigenvalue weighted by atomic mass is 10.0. The van der Waals surface area contributed by atoms with E-state index in [1.54, 1.807) is 17.9 Å². The van der Waals surface area contributed by atoms with Gasteiger partial charge in [0.05, 0.1) is 18.7 Å². The van der Waals surface area contributed by atoms with Crippen molar-refractivity contribution in [2.24, 2.45) is 0 Å². The fraction of sp³-hybridized carbons (Fsp3) is 0.267. The van der Waals surface area contributed by atoms with Crippen LogP contribution in [0.1, 0.15) is 28.6 Å². The number of tetrazole rings is 1. The van der Waals surface area contributed by atoms with E-state index in [0.717, 1.165) is 17.4 Å². The van der Waals surface area contributed by atoms with Crippen LogP contribution in [0.5, 0.6) is 11.5 Å². The maximum absolute atomic E-state index is 13.8. The van der Waals surface area contributed by atoms with Gasteiger partial charge in [0.1, 0.15) is 6.04 Å². The van der Waals surface area contributed by atoms with Gasteiger partial charge in [0.15, 0.2) is 17.3 Å². The second-order valence-electron chi connectivity index (χ2n) is 9.69. The first kappa shape index (κ1) is 25.7. The van der Waals surface area contributed by atoms with Gasteiger partial charge in [-0.2, -0.15) is 0 Å². The van der Waals surface area contributed by atoms with Gasteiger partial charge < -0.3 is 19.2 Å². The third-order valence-electron chi connectivity index (χ3n) is 7.10. The molecule has 0 radical (unpaired) electrons. The lowest BCUT2D eigenvalue weighted by Gasteiger charge is -2.31. The Morgan fingerprint density at radius 1 is 1.00 bits per heavy atom. The molecule has 3 heterocycles. The van der Waals surface area contributed by atoms with Crippen LogP contribution in [-0.2, 0) is 24.2 Å². The van der Waals surface area contributed by atoms with Gasteiger partial charge in [-0.25, -0.2) is 4.68 Å². The monoisotopic (exact) mass is 538 g/mol. The summed E-state index contributed by atoms with van der Waals surface area (Å²) in [6, 6.07) is 25.6. The Morgan fingerprint density at radius 2 is 1.73 bits per heavy atom. The van der Waals surface area contributed by atoms with E-state index in [2.05, 4.69) is 49.7 Å². The summed E-state index contributed by atoms with van der Waals surface area (Å²) in [6.45, 7) is 2.31. The van der Waals surface area contributed by atoms with Crippen LogP contribution in [0.4, 0.5) is 0 Å². The molecule has 204 valence electrons. The molecule has 1 aliphatic rings. The summed E-state index contributed by atoms with van der Waals surface area (Å²) < 4.78 is 18.2. The van der Waals surface area contributed by atoms with Crippen LogP contribution in [0.25, 0.3) is 10.9 Å². The van der Waals surface area contributed by atoms with Crippen LogP contribution in [0, 0.1) is 0 Å². The first-order valence-corrected chi connectivity index (χ1v) is 13.2. The van der Waals surface area contributed by atoms with E-state index in [1.165, 1.54) is 5.56 Å². The topological polar surface area (TPSA) is 107 Å². The van der Waals surface area contributed by atoms with Gasteiger partial charge in [0, 0.05) is 37.2 Å². The average molecular weight is 539 g/mol. The van der Waals surface area contributed by atoms with Gasteiger partial charge >= 0.3 is 0 Å². The Bertz CT molecular complexity index is 1640. The molecule has 0 saturated carbocycles. The predicted molar refractivity (Wildman–Crippen MR) is 149 cm³/mol. The molecule has 0 aliphatic carbocycles. The fourth-order valence-electron chi connectivity index (χ4n) is 5.09. The maximum atomic E-state index is 13.8. The van der Waals surface area contributed by atoms with Crippen molar-refractivity contribution in [3.05, 3.63) is 112 Å². The smallest absolute Gasteiger partial charge is 0.253 e. The summed E-state index contributed by atoms with van der Waals surface area (Å²) >= 11 is 0. The predicted octanol–water partition coefficient (Wildman–Crippen LogP) is 3.72. The van der Waals surface area contributed by atoms with E-state index in [1.807, 2.05) is 48.5 Å². The lowest BCUT2D eigenvalue weighted by Crippen LogP contribution is -2.36. The van der Waals surface area contributed by atoms with Gasteiger partial charge in [-0.3, -0.25) is 9.69 Å². The van der Waals surface area contributed by atoms with Crippen LogP contribution in [0.15, 0.2) is 83.7 Å². The highest BCUT2D eigenvalue weighted by Crippen LogP contribution is 2.36. The number of pyridine rings is 1. The molecule has 0 saturated heterocycles. The van der Waals surface area contributed by atoms with E-state index < -0.39 is 6.04 Å². The van der Waals surface area contributed by atoms with Crippen LogP contribution < -0.4 is 15.0 Å². The summed E-state index contributed by atoms with van der Waals surface area (Å²) in [4.78, 5) is 19.1. The number of benzene rings is 3. The lowest BCUT2D eigenvalue weighted by molar-refractivity contribution is 0.172. The van der Waals surface area contributed by atoms with Crippen molar-refractivity contribution in [1.29, 1.82) is 0 Å². The van der Waals surface area contributed by atoms with Gasteiger partial charge in [-0.1, -0.05) is 60.7 Å². The van der Waals surface area contributed by atoms with Gasteiger partial charge in [-0.15, -0.1) is 5.10 Å². The molecule has 6 rings (SSSR count). The molecule has 40 heavy (non-hydrogen) atoms. The highest BCUT2D eigenvalue weighted by molar-refractivity contribution is 5.83. The van der Waals surface area contributed by atoms with E-state index in [0.29, 0.717) is 54.6 Å². The zero-order valence-electron chi connectivity index (χ0n) is 22.2. The molecule has 10 nitrogen and oxygen atoms in total. The van der Waals surface area contributed by atoms with E-state index >= 15 is 0 Å². The maximum Gasteiger partial charge on any atom is 0.253 e. The largest absolute Gasteiger partial charge is 0.454 e. The summed E-state index contributed by atoms with van der Waals surface area (Å²) in [5.41, 5.74) is 3.34. The van der Waals surface area contributed by atoms with E-state index in [4.69, 9.17) is 14.2 Å². The number of ether oxygens (including phenoxy) is 3. The number of aromatic amines is 1. The number of hydrogen-bond acceptors (Lipinski definition) is 8. The number of H-pyrrole nitrogens is 1. The molecular formula is C30H30N6O4. The Labute approximate surface area is 231 Å². The minimum Gasteiger partial charge on any atom is -0.454 e. The van der Waals surface area contributed by atoms with Crippen molar-refractivity contribution < 1.29 is 14.2 Å². The zero-order valence-corrected chi connectivity index (χ0v) is 22.2. The summed E-state index contributed by atoms with van der Waals surface area (Å²) in [7, 11) is 1.64. The molecule has 1 N–H and O–H groups in total. The normalized spacial score (nSPS) is 13.2. The quantitative estimate of drug-likeness (QED) is 0.271. The van der Waals surface area contributed by atoms with E-state index in [-0.39, 0.29) is 12.4 Å². The summed E-state index contributed by atoms with van der Waals surface area (Å²) in [5.74, 6) is 1.84. The molecule has 0 bridgehead atoms. The molecule has 0 amide bonds. The molecule has 0 spiro atoms. The molecule has 3 aromatic carbocycles. The molecule has 10 heteroatoms. The SMILES string of the molecule is COCCn1nnnc1[C@H](c1cc2cc3c(cc2[nH]c1=O)OCO3)N(CCc1ccccc1)Cc1ccccc1. The van der Waals surface area contributed by atoms with Crippen molar-refractivity contribution in [3.63, 3.8) is 0 Å². The number of methoxy groups -OCH3 is 1. The average Bonchev–Trinajstić information content (AvgIpc) is 3.64. The van der Waals surface area contributed by atoms with Crippen LogP contribution in [0.2, 0.25) is 0 Å². The number of fused-ring (bicyclic) bond motifs is 2. The second-order valence-corrected chi connectivity index (χ2v) is 9.69. The fourth-order valence-corrected chi connectivity index (χ4v) is 5.09. The minimum absolute atomic E-state index is 0.157. The van der Waals surface area contributed by atoms with Gasteiger partial charge in [-0.05, 0) is 40.1 Å².